The summed E-state index contributed by atoms with van der Waals surface area (Å²) in [6, 6.07) is 2.93. The van der Waals surface area contributed by atoms with Gasteiger partial charge in [-0.25, -0.2) is 0 Å². The molecule has 2 rings (SSSR count). The number of hydrogen-bond acceptors (Lipinski definition) is 2. The molecule has 3 unspecified atom stereocenters. The Bertz CT molecular complexity index is 399. The van der Waals surface area contributed by atoms with Crippen molar-refractivity contribution >= 4 is 27.3 Å². The van der Waals surface area contributed by atoms with E-state index in [9.17, 15) is 0 Å². The highest BCUT2D eigenvalue weighted by Crippen LogP contribution is 2.42. The van der Waals surface area contributed by atoms with Crippen LogP contribution in [0.2, 0.25) is 0 Å². The third-order valence-corrected chi connectivity index (χ3v) is 6.70. The van der Waals surface area contributed by atoms with Crippen molar-refractivity contribution in [1.82, 2.24) is 5.32 Å². The number of rotatable bonds is 5. The molecule has 0 radical (unpaired) electrons. The summed E-state index contributed by atoms with van der Waals surface area (Å²) in [6.07, 6.45) is 5.37. The van der Waals surface area contributed by atoms with E-state index in [0.29, 0.717) is 6.04 Å². The predicted octanol–water partition coefficient (Wildman–Crippen LogP) is 5.93. The van der Waals surface area contributed by atoms with Crippen LogP contribution < -0.4 is 5.32 Å². The Labute approximate surface area is 136 Å². The van der Waals surface area contributed by atoms with Gasteiger partial charge in [-0.1, -0.05) is 20.8 Å². The topological polar surface area (TPSA) is 12.0 Å². The molecule has 1 aromatic heterocycles. The summed E-state index contributed by atoms with van der Waals surface area (Å²) in [5.74, 6) is 2.55. The molecule has 114 valence electrons. The maximum Gasteiger partial charge on any atom is 0.0731 e. The van der Waals surface area contributed by atoms with Crippen LogP contribution in [0.3, 0.4) is 0 Å². The van der Waals surface area contributed by atoms with Crippen molar-refractivity contribution in [3.05, 3.63) is 20.3 Å². The van der Waals surface area contributed by atoms with E-state index in [4.69, 9.17) is 0 Å². The van der Waals surface area contributed by atoms with E-state index in [1.54, 1.807) is 0 Å². The Morgan fingerprint density at radius 2 is 1.95 bits per heavy atom. The van der Waals surface area contributed by atoms with E-state index < -0.39 is 0 Å². The molecule has 0 aromatic carbocycles. The SMILES string of the molecule is CCCNC(c1cc(C)c(Br)s1)C1CC(C)CC(C)C1. The lowest BCUT2D eigenvalue weighted by Gasteiger charge is -2.36. The van der Waals surface area contributed by atoms with Crippen LogP contribution in [0.4, 0.5) is 0 Å². The van der Waals surface area contributed by atoms with Gasteiger partial charge in [0.2, 0.25) is 0 Å². The second-order valence-electron chi connectivity index (χ2n) is 6.71. The Balaban J connectivity index is 2.18. The predicted molar refractivity (Wildman–Crippen MR) is 93.5 cm³/mol. The van der Waals surface area contributed by atoms with E-state index in [1.165, 1.54) is 39.9 Å². The van der Waals surface area contributed by atoms with Crippen molar-refractivity contribution < 1.29 is 0 Å². The molecule has 1 heterocycles. The Kier molecular flexibility index (Phi) is 6.12. The summed E-state index contributed by atoms with van der Waals surface area (Å²) in [6.45, 7) is 10.4. The molecule has 1 aliphatic rings. The van der Waals surface area contributed by atoms with Gasteiger partial charge in [-0.3, -0.25) is 0 Å². The summed E-state index contributed by atoms with van der Waals surface area (Å²) >= 11 is 5.61. The lowest BCUT2D eigenvalue weighted by Crippen LogP contribution is -2.33. The maximum absolute atomic E-state index is 3.83. The lowest BCUT2D eigenvalue weighted by molar-refractivity contribution is 0.178. The van der Waals surface area contributed by atoms with Gasteiger partial charge >= 0.3 is 0 Å². The van der Waals surface area contributed by atoms with Gasteiger partial charge in [0.1, 0.15) is 0 Å². The van der Waals surface area contributed by atoms with Crippen LogP contribution in [0.25, 0.3) is 0 Å². The van der Waals surface area contributed by atoms with Crippen molar-refractivity contribution in [2.45, 2.75) is 59.4 Å². The van der Waals surface area contributed by atoms with Crippen molar-refractivity contribution in [2.24, 2.45) is 17.8 Å². The monoisotopic (exact) mass is 357 g/mol. The standard InChI is InChI=1S/C17H28BrNS/c1-5-6-19-16(15-10-13(4)17(18)20-15)14-8-11(2)7-12(3)9-14/h10-12,14,16,19H,5-9H2,1-4H3. The molecular formula is C17H28BrNS. The molecule has 1 saturated carbocycles. The summed E-state index contributed by atoms with van der Waals surface area (Å²) in [7, 11) is 0. The molecule has 3 atom stereocenters. The molecule has 0 bridgehead atoms. The van der Waals surface area contributed by atoms with Crippen LogP contribution in [-0.2, 0) is 0 Å². The number of aryl methyl sites for hydroxylation is 1. The van der Waals surface area contributed by atoms with E-state index >= 15 is 0 Å². The molecule has 0 amide bonds. The van der Waals surface area contributed by atoms with Gasteiger partial charge in [0.15, 0.2) is 0 Å². The van der Waals surface area contributed by atoms with Crippen LogP contribution in [-0.4, -0.2) is 6.54 Å². The average Bonchev–Trinajstić information content (AvgIpc) is 2.69. The minimum Gasteiger partial charge on any atom is -0.309 e. The zero-order valence-electron chi connectivity index (χ0n) is 13.2. The minimum atomic E-state index is 0.551. The fourth-order valence-corrected chi connectivity index (χ4v) is 5.46. The quantitative estimate of drug-likeness (QED) is 0.688. The van der Waals surface area contributed by atoms with E-state index in [2.05, 4.69) is 55.0 Å². The van der Waals surface area contributed by atoms with E-state index in [1.807, 2.05) is 11.3 Å². The zero-order chi connectivity index (χ0) is 14.7. The minimum absolute atomic E-state index is 0.551. The molecule has 1 fully saturated rings. The van der Waals surface area contributed by atoms with E-state index in [-0.39, 0.29) is 0 Å². The number of nitrogens with one attached hydrogen (secondary N) is 1. The van der Waals surface area contributed by atoms with Crippen LogP contribution in [0.5, 0.6) is 0 Å². The maximum atomic E-state index is 3.83. The van der Waals surface area contributed by atoms with Crippen LogP contribution in [0.1, 0.15) is 62.9 Å². The third-order valence-electron chi connectivity index (χ3n) is 4.48. The fourth-order valence-electron chi connectivity index (χ4n) is 3.72. The summed E-state index contributed by atoms with van der Waals surface area (Å²) in [5, 5.41) is 3.83. The largest absolute Gasteiger partial charge is 0.309 e. The fraction of sp³-hybridized carbons (Fsp3) is 0.765. The van der Waals surface area contributed by atoms with Crippen molar-refractivity contribution in [3.8, 4) is 0 Å². The van der Waals surface area contributed by atoms with Crippen LogP contribution in [0.15, 0.2) is 9.85 Å². The van der Waals surface area contributed by atoms with E-state index in [0.717, 1.165) is 24.3 Å². The van der Waals surface area contributed by atoms with Crippen molar-refractivity contribution in [3.63, 3.8) is 0 Å². The Morgan fingerprint density at radius 1 is 1.30 bits per heavy atom. The van der Waals surface area contributed by atoms with Gasteiger partial charge in [0.05, 0.1) is 3.79 Å². The highest BCUT2D eigenvalue weighted by molar-refractivity contribution is 9.11. The molecule has 20 heavy (non-hydrogen) atoms. The zero-order valence-corrected chi connectivity index (χ0v) is 15.6. The first-order chi connectivity index (χ1) is 9.51. The molecule has 0 saturated heterocycles. The van der Waals surface area contributed by atoms with Gasteiger partial charge in [-0.15, -0.1) is 11.3 Å². The van der Waals surface area contributed by atoms with Crippen LogP contribution >= 0.6 is 27.3 Å². The average molecular weight is 358 g/mol. The van der Waals surface area contributed by atoms with Gasteiger partial charge in [0.25, 0.3) is 0 Å². The van der Waals surface area contributed by atoms with Gasteiger partial charge in [0, 0.05) is 10.9 Å². The summed E-state index contributed by atoms with van der Waals surface area (Å²) in [4.78, 5) is 1.52. The molecular weight excluding hydrogens is 330 g/mol. The molecule has 1 nitrogen and oxygen atoms in total. The first kappa shape index (κ1) is 16.5. The molecule has 0 aliphatic heterocycles. The lowest BCUT2D eigenvalue weighted by atomic mass is 9.73. The normalized spacial score (nSPS) is 28.6. The first-order valence-electron chi connectivity index (χ1n) is 8.00. The van der Waals surface area contributed by atoms with Gasteiger partial charge in [-0.05, 0) is 84.5 Å². The second-order valence-corrected chi connectivity index (χ2v) is 9.12. The molecule has 3 heteroatoms. The number of halogens is 1. The molecule has 0 spiro atoms. The van der Waals surface area contributed by atoms with Gasteiger partial charge in [-0.2, -0.15) is 0 Å². The number of hydrogen-bond donors (Lipinski definition) is 1. The van der Waals surface area contributed by atoms with Crippen molar-refractivity contribution in [2.75, 3.05) is 6.54 Å². The van der Waals surface area contributed by atoms with Gasteiger partial charge < -0.3 is 5.32 Å². The molecule has 1 aromatic rings. The Morgan fingerprint density at radius 3 is 2.45 bits per heavy atom. The highest BCUT2D eigenvalue weighted by atomic mass is 79.9. The highest BCUT2D eigenvalue weighted by Gasteiger charge is 2.31. The van der Waals surface area contributed by atoms with Crippen molar-refractivity contribution in [1.29, 1.82) is 0 Å². The molecule has 1 aliphatic carbocycles. The summed E-state index contributed by atoms with van der Waals surface area (Å²) in [5.41, 5.74) is 1.38. The number of thiophene rings is 1. The second kappa shape index (κ2) is 7.42. The third kappa shape index (κ3) is 4.08. The summed E-state index contributed by atoms with van der Waals surface area (Å²) < 4.78 is 1.30. The Hall–Kier alpha value is 0.140. The van der Waals surface area contributed by atoms with Crippen LogP contribution in [0, 0.1) is 24.7 Å². The molecule has 1 N–H and O–H groups in total. The smallest absolute Gasteiger partial charge is 0.0731 e. The first-order valence-corrected chi connectivity index (χ1v) is 9.61.